The van der Waals surface area contributed by atoms with Gasteiger partial charge in [0.1, 0.15) is 0 Å². The Labute approximate surface area is 130 Å². The molecule has 6 heteroatoms. The Morgan fingerprint density at radius 2 is 1.95 bits per heavy atom. The van der Waals surface area contributed by atoms with E-state index in [2.05, 4.69) is 21.2 Å². The second-order valence-corrected chi connectivity index (χ2v) is 6.37. The molecule has 1 amide bonds. The standard InChI is InChI=1S/C15H17BrF3NO/c1-9-6-7-13(12(16)8-9)20-14(21)10-4-2-3-5-11(10)15(17,18)19/h6-8,10-11H,2-5H2,1H3,(H,20,21). The summed E-state index contributed by atoms with van der Waals surface area (Å²) in [4.78, 5) is 12.2. The van der Waals surface area contributed by atoms with Gasteiger partial charge in [-0.2, -0.15) is 13.2 Å². The molecule has 1 saturated carbocycles. The molecule has 1 fully saturated rings. The number of carbonyl (C=O) groups excluding carboxylic acids is 1. The predicted octanol–water partition coefficient (Wildman–Crippen LogP) is 5.06. The molecule has 0 bridgehead atoms. The lowest BCUT2D eigenvalue weighted by Gasteiger charge is -2.32. The molecular formula is C15H17BrF3NO. The van der Waals surface area contributed by atoms with Gasteiger partial charge in [-0.05, 0) is 53.4 Å². The van der Waals surface area contributed by atoms with Crippen molar-refractivity contribution in [3.63, 3.8) is 0 Å². The van der Waals surface area contributed by atoms with E-state index < -0.39 is 23.9 Å². The van der Waals surface area contributed by atoms with Gasteiger partial charge in [0.25, 0.3) is 0 Å². The van der Waals surface area contributed by atoms with E-state index in [1.807, 2.05) is 19.1 Å². The summed E-state index contributed by atoms with van der Waals surface area (Å²) in [5, 5.41) is 2.62. The van der Waals surface area contributed by atoms with Gasteiger partial charge in [0.2, 0.25) is 5.91 Å². The Balaban J connectivity index is 2.14. The van der Waals surface area contributed by atoms with Crippen LogP contribution in [0.3, 0.4) is 0 Å². The topological polar surface area (TPSA) is 29.1 Å². The summed E-state index contributed by atoms with van der Waals surface area (Å²) in [5.74, 6) is -3.07. The van der Waals surface area contributed by atoms with E-state index in [1.54, 1.807) is 6.07 Å². The minimum absolute atomic E-state index is 0.0383. The molecular weight excluding hydrogens is 347 g/mol. The maximum atomic E-state index is 13.0. The van der Waals surface area contributed by atoms with E-state index in [0.717, 1.165) is 5.56 Å². The summed E-state index contributed by atoms with van der Waals surface area (Å²) in [5.41, 5.74) is 1.52. The van der Waals surface area contributed by atoms with Gasteiger partial charge in [-0.1, -0.05) is 18.9 Å². The van der Waals surface area contributed by atoms with Crippen molar-refractivity contribution in [2.45, 2.75) is 38.8 Å². The van der Waals surface area contributed by atoms with Crippen molar-refractivity contribution in [3.8, 4) is 0 Å². The van der Waals surface area contributed by atoms with Crippen LogP contribution >= 0.6 is 15.9 Å². The number of carbonyl (C=O) groups is 1. The second kappa shape index (κ2) is 6.38. The van der Waals surface area contributed by atoms with E-state index >= 15 is 0 Å². The highest BCUT2D eigenvalue weighted by Crippen LogP contribution is 2.42. The number of aryl methyl sites for hydroxylation is 1. The van der Waals surface area contributed by atoms with Crippen LogP contribution in [0.2, 0.25) is 0 Å². The number of amides is 1. The number of halogens is 4. The van der Waals surface area contributed by atoms with Gasteiger partial charge >= 0.3 is 6.18 Å². The molecule has 21 heavy (non-hydrogen) atoms. The van der Waals surface area contributed by atoms with Gasteiger partial charge in [0.05, 0.1) is 11.6 Å². The molecule has 0 saturated heterocycles. The van der Waals surface area contributed by atoms with Crippen molar-refractivity contribution in [2.75, 3.05) is 5.32 Å². The smallest absolute Gasteiger partial charge is 0.325 e. The average Bonchev–Trinajstić information content (AvgIpc) is 2.41. The van der Waals surface area contributed by atoms with Gasteiger partial charge in [-0.25, -0.2) is 0 Å². The Bertz CT molecular complexity index is 530. The maximum absolute atomic E-state index is 13.0. The first kappa shape index (κ1) is 16.3. The van der Waals surface area contributed by atoms with Gasteiger partial charge in [-0.15, -0.1) is 0 Å². The molecule has 2 nitrogen and oxygen atoms in total. The maximum Gasteiger partial charge on any atom is 0.392 e. The molecule has 0 spiro atoms. The SMILES string of the molecule is Cc1ccc(NC(=O)C2CCCCC2C(F)(F)F)c(Br)c1. The van der Waals surface area contributed by atoms with E-state index in [9.17, 15) is 18.0 Å². The van der Waals surface area contributed by atoms with Crippen LogP contribution in [0.5, 0.6) is 0 Å². The molecule has 2 unspecified atom stereocenters. The number of nitrogens with one attached hydrogen (secondary N) is 1. The second-order valence-electron chi connectivity index (χ2n) is 5.51. The molecule has 1 N–H and O–H groups in total. The van der Waals surface area contributed by atoms with E-state index in [4.69, 9.17) is 0 Å². The molecule has 1 aliphatic rings. The zero-order valence-electron chi connectivity index (χ0n) is 11.6. The van der Waals surface area contributed by atoms with Crippen molar-refractivity contribution in [1.82, 2.24) is 0 Å². The zero-order valence-corrected chi connectivity index (χ0v) is 13.2. The molecule has 1 aromatic rings. The average molecular weight is 364 g/mol. The quantitative estimate of drug-likeness (QED) is 0.781. The number of alkyl halides is 3. The first-order chi connectivity index (χ1) is 9.79. The van der Waals surface area contributed by atoms with Crippen LogP contribution in [-0.2, 0) is 4.79 Å². The number of hydrogen-bond donors (Lipinski definition) is 1. The lowest BCUT2D eigenvalue weighted by molar-refractivity contribution is -0.197. The lowest BCUT2D eigenvalue weighted by Crippen LogP contribution is -2.39. The third-order valence-corrected chi connectivity index (χ3v) is 4.56. The number of rotatable bonds is 2. The van der Waals surface area contributed by atoms with Crippen molar-refractivity contribution in [1.29, 1.82) is 0 Å². The fraction of sp³-hybridized carbons (Fsp3) is 0.533. The number of hydrogen-bond acceptors (Lipinski definition) is 1. The van der Waals surface area contributed by atoms with Gasteiger partial charge in [-0.3, -0.25) is 4.79 Å². The van der Waals surface area contributed by atoms with Crippen molar-refractivity contribution in [3.05, 3.63) is 28.2 Å². The largest absolute Gasteiger partial charge is 0.392 e. The Morgan fingerprint density at radius 3 is 2.57 bits per heavy atom. The Morgan fingerprint density at radius 1 is 1.29 bits per heavy atom. The fourth-order valence-electron chi connectivity index (χ4n) is 2.78. The van der Waals surface area contributed by atoms with Crippen molar-refractivity contribution >= 4 is 27.5 Å². The summed E-state index contributed by atoms with van der Waals surface area (Å²) < 4.78 is 39.8. The minimum Gasteiger partial charge on any atom is -0.325 e. The van der Waals surface area contributed by atoms with Crippen LogP contribution in [-0.4, -0.2) is 12.1 Å². The highest BCUT2D eigenvalue weighted by molar-refractivity contribution is 9.10. The first-order valence-corrected chi connectivity index (χ1v) is 7.72. The third-order valence-electron chi connectivity index (χ3n) is 3.91. The first-order valence-electron chi connectivity index (χ1n) is 6.93. The van der Waals surface area contributed by atoms with Crippen molar-refractivity contribution < 1.29 is 18.0 Å². The molecule has 0 radical (unpaired) electrons. The van der Waals surface area contributed by atoms with Crippen LogP contribution < -0.4 is 5.32 Å². The highest BCUT2D eigenvalue weighted by Gasteiger charge is 2.48. The van der Waals surface area contributed by atoms with Crippen molar-refractivity contribution in [2.24, 2.45) is 11.8 Å². The number of anilines is 1. The highest BCUT2D eigenvalue weighted by atomic mass is 79.9. The molecule has 2 rings (SSSR count). The van der Waals surface area contributed by atoms with Crippen LogP contribution in [0.15, 0.2) is 22.7 Å². The Kier molecular flexibility index (Phi) is 4.96. The molecule has 2 atom stereocenters. The number of benzene rings is 1. The molecule has 1 aliphatic carbocycles. The van der Waals surface area contributed by atoms with E-state index in [0.29, 0.717) is 29.4 Å². The van der Waals surface area contributed by atoms with Crippen LogP contribution in [0.1, 0.15) is 31.2 Å². The summed E-state index contributed by atoms with van der Waals surface area (Å²) in [6.45, 7) is 1.90. The summed E-state index contributed by atoms with van der Waals surface area (Å²) in [7, 11) is 0. The monoisotopic (exact) mass is 363 g/mol. The molecule has 116 valence electrons. The molecule has 0 heterocycles. The summed E-state index contributed by atoms with van der Waals surface area (Å²) in [6.07, 6.45) is -2.79. The normalized spacial score (nSPS) is 22.9. The van der Waals surface area contributed by atoms with E-state index in [1.165, 1.54) is 0 Å². The lowest BCUT2D eigenvalue weighted by atomic mass is 9.78. The van der Waals surface area contributed by atoms with E-state index in [-0.39, 0.29) is 6.42 Å². The third kappa shape index (κ3) is 3.99. The van der Waals surface area contributed by atoms with Crippen LogP contribution in [0.25, 0.3) is 0 Å². The fourth-order valence-corrected chi connectivity index (χ4v) is 3.38. The van der Waals surface area contributed by atoms with Gasteiger partial charge in [0.15, 0.2) is 0 Å². The van der Waals surface area contributed by atoms with Gasteiger partial charge in [0, 0.05) is 10.4 Å². The molecule has 0 aromatic heterocycles. The zero-order chi connectivity index (χ0) is 15.6. The summed E-state index contributed by atoms with van der Waals surface area (Å²) in [6, 6.07) is 5.32. The summed E-state index contributed by atoms with van der Waals surface area (Å²) >= 11 is 3.32. The van der Waals surface area contributed by atoms with Gasteiger partial charge < -0.3 is 5.32 Å². The van der Waals surface area contributed by atoms with Crippen LogP contribution in [0.4, 0.5) is 18.9 Å². The minimum atomic E-state index is -4.31. The molecule has 1 aromatic carbocycles. The molecule has 0 aliphatic heterocycles. The van der Waals surface area contributed by atoms with Crippen LogP contribution in [0, 0.1) is 18.8 Å². The Hall–Kier alpha value is -1.04. The predicted molar refractivity (Wildman–Crippen MR) is 79.0 cm³/mol.